The first kappa shape index (κ1) is 24.2. The lowest BCUT2D eigenvalue weighted by molar-refractivity contribution is -0.138. The fourth-order valence-electron chi connectivity index (χ4n) is 4.38. The molecule has 0 unspecified atom stereocenters. The molecule has 0 N–H and O–H groups in total. The second-order valence-corrected chi connectivity index (χ2v) is 8.87. The van der Waals surface area contributed by atoms with E-state index in [2.05, 4.69) is 4.98 Å². The Morgan fingerprint density at radius 3 is 2.47 bits per heavy atom. The van der Waals surface area contributed by atoms with Crippen molar-refractivity contribution in [3.05, 3.63) is 65.5 Å². The van der Waals surface area contributed by atoms with Crippen molar-refractivity contribution < 1.29 is 27.8 Å². The number of benzene rings is 1. The maximum atomic E-state index is 13.6. The molecule has 2 amide bonds. The quantitative estimate of drug-likeness (QED) is 0.618. The first-order chi connectivity index (χ1) is 16.5. The van der Waals surface area contributed by atoms with Crippen LogP contribution in [0.2, 0.25) is 0 Å². The number of carbonyl (C=O) groups excluding carboxylic acids is 2. The molecule has 7 nitrogen and oxygen atoms in total. The van der Waals surface area contributed by atoms with Crippen LogP contribution in [0.5, 0.6) is 0 Å². The predicted molar refractivity (Wildman–Crippen MR) is 120 cm³/mol. The molecule has 2 aliphatic heterocycles. The number of aromatic nitrogens is 1. The van der Waals surface area contributed by atoms with Crippen molar-refractivity contribution in [2.45, 2.75) is 32.0 Å². The van der Waals surface area contributed by atoms with Gasteiger partial charge in [-0.25, -0.2) is 8.78 Å². The van der Waals surface area contributed by atoms with Crippen LogP contribution in [0.4, 0.5) is 8.78 Å². The Kier molecular flexibility index (Phi) is 8.18. The Hall–Kier alpha value is -2.91. The highest BCUT2D eigenvalue weighted by Crippen LogP contribution is 2.20. The van der Waals surface area contributed by atoms with Crippen LogP contribution in [0.1, 0.15) is 24.0 Å². The SMILES string of the molecule is O=C(Cc1cc(F)cc(F)c1)N1CC(=O)N(CC2CCOCC2)C[C@H](OCc2ccncc2)C1. The molecule has 0 radical (unpaired) electrons. The molecule has 0 spiro atoms. The average molecular weight is 474 g/mol. The van der Waals surface area contributed by atoms with Gasteiger partial charge in [-0.1, -0.05) is 0 Å². The largest absolute Gasteiger partial charge is 0.381 e. The van der Waals surface area contributed by atoms with Crippen LogP contribution in [0, 0.1) is 17.6 Å². The lowest BCUT2D eigenvalue weighted by Crippen LogP contribution is -2.42. The highest BCUT2D eigenvalue weighted by molar-refractivity contribution is 5.86. The zero-order chi connectivity index (χ0) is 23.9. The van der Waals surface area contributed by atoms with Gasteiger partial charge in [0.25, 0.3) is 0 Å². The van der Waals surface area contributed by atoms with Crippen LogP contribution in [0.15, 0.2) is 42.7 Å². The minimum atomic E-state index is -0.740. The molecule has 0 aliphatic carbocycles. The van der Waals surface area contributed by atoms with E-state index in [1.54, 1.807) is 17.3 Å². The predicted octanol–water partition coefficient (Wildman–Crippen LogP) is 2.59. The maximum Gasteiger partial charge on any atom is 0.242 e. The molecule has 0 saturated carbocycles. The van der Waals surface area contributed by atoms with Crippen LogP contribution in [-0.4, -0.2) is 72.1 Å². The van der Waals surface area contributed by atoms with E-state index in [-0.39, 0.29) is 36.9 Å². The first-order valence-corrected chi connectivity index (χ1v) is 11.5. The van der Waals surface area contributed by atoms with E-state index in [0.29, 0.717) is 38.8 Å². The van der Waals surface area contributed by atoms with Gasteiger partial charge in [0.15, 0.2) is 0 Å². The van der Waals surface area contributed by atoms with Crippen molar-refractivity contribution in [3.8, 4) is 0 Å². The number of ether oxygens (including phenoxy) is 2. The Labute approximate surface area is 197 Å². The molecule has 4 rings (SSSR count). The molecule has 1 aromatic heterocycles. The van der Waals surface area contributed by atoms with Crippen LogP contribution in [-0.2, 0) is 32.1 Å². The molecule has 9 heteroatoms. The first-order valence-electron chi connectivity index (χ1n) is 11.5. The summed E-state index contributed by atoms with van der Waals surface area (Å²) in [6, 6.07) is 6.73. The van der Waals surface area contributed by atoms with Crippen molar-refractivity contribution in [1.29, 1.82) is 0 Å². The number of nitrogens with zero attached hydrogens (tertiary/aromatic N) is 3. The van der Waals surface area contributed by atoms with Gasteiger partial charge in [-0.3, -0.25) is 14.6 Å². The Bertz CT molecular complexity index is 965. The molecular formula is C25H29F2N3O4. The van der Waals surface area contributed by atoms with Crippen LogP contribution < -0.4 is 0 Å². The van der Waals surface area contributed by atoms with E-state index in [1.807, 2.05) is 12.1 Å². The molecule has 2 aliphatic rings. The number of hydrogen-bond acceptors (Lipinski definition) is 5. The van der Waals surface area contributed by atoms with Crippen molar-refractivity contribution in [2.75, 3.05) is 39.4 Å². The second kappa shape index (κ2) is 11.5. The highest BCUT2D eigenvalue weighted by Gasteiger charge is 2.32. The van der Waals surface area contributed by atoms with Gasteiger partial charge in [-0.2, -0.15) is 0 Å². The summed E-state index contributed by atoms with van der Waals surface area (Å²) < 4.78 is 38.7. The van der Waals surface area contributed by atoms with Gasteiger partial charge in [0, 0.05) is 51.3 Å². The monoisotopic (exact) mass is 473 g/mol. The third kappa shape index (κ3) is 6.80. The van der Waals surface area contributed by atoms with E-state index < -0.39 is 17.7 Å². The van der Waals surface area contributed by atoms with Crippen molar-refractivity contribution >= 4 is 11.8 Å². The third-order valence-electron chi connectivity index (χ3n) is 6.21. The molecule has 34 heavy (non-hydrogen) atoms. The summed E-state index contributed by atoms with van der Waals surface area (Å²) in [7, 11) is 0. The fraction of sp³-hybridized carbons (Fsp3) is 0.480. The van der Waals surface area contributed by atoms with Crippen LogP contribution in [0.25, 0.3) is 0 Å². The van der Waals surface area contributed by atoms with Gasteiger partial charge in [0.1, 0.15) is 11.6 Å². The zero-order valence-corrected chi connectivity index (χ0v) is 19.0. The number of rotatable bonds is 7. The van der Waals surface area contributed by atoms with Gasteiger partial charge in [0.05, 0.1) is 25.7 Å². The number of pyridine rings is 1. The summed E-state index contributed by atoms with van der Waals surface area (Å²) >= 11 is 0. The van der Waals surface area contributed by atoms with Crippen molar-refractivity contribution in [2.24, 2.45) is 5.92 Å². The van der Waals surface area contributed by atoms with E-state index in [4.69, 9.17) is 9.47 Å². The molecule has 2 saturated heterocycles. The number of carbonyl (C=O) groups is 2. The van der Waals surface area contributed by atoms with Gasteiger partial charge in [-0.15, -0.1) is 0 Å². The summed E-state index contributed by atoms with van der Waals surface area (Å²) in [5.74, 6) is -1.66. The lowest BCUT2D eigenvalue weighted by Gasteiger charge is -2.30. The van der Waals surface area contributed by atoms with E-state index in [9.17, 15) is 18.4 Å². The Morgan fingerprint density at radius 1 is 1.06 bits per heavy atom. The van der Waals surface area contributed by atoms with Crippen molar-refractivity contribution in [1.82, 2.24) is 14.8 Å². The minimum Gasteiger partial charge on any atom is -0.381 e. The van der Waals surface area contributed by atoms with Crippen LogP contribution in [0.3, 0.4) is 0 Å². The molecule has 2 aromatic rings. The van der Waals surface area contributed by atoms with Gasteiger partial charge < -0.3 is 19.3 Å². The standard InChI is InChI=1S/C25H29F2N3O4/c26-21-9-20(10-22(27)12-21)11-24(31)30-15-23(34-17-19-1-5-28-6-2-19)14-29(25(32)16-30)13-18-3-7-33-8-4-18/h1-2,5-6,9-10,12,18,23H,3-4,7-8,11,13-17H2/t23-/m0/s1. The summed E-state index contributed by atoms with van der Waals surface area (Å²) in [5, 5.41) is 0. The smallest absolute Gasteiger partial charge is 0.242 e. The highest BCUT2D eigenvalue weighted by atomic mass is 19.1. The van der Waals surface area contributed by atoms with E-state index >= 15 is 0 Å². The topological polar surface area (TPSA) is 72.0 Å². The average Bonchev–Trinajstić information content (AvgIpc) is 2.97. The molecule has 1 atom stereocenters. The summed E-state index contributed by atoms with van der Waals surface area (Å²) in [5.41, 5.74) is 1.17. The number of amides is 2. The second-order valence-electron chi connectivity index (χ2n) is 8.87. The van der Waals surface area contributed by atoms with E-state index in [0.717, 1.165) is 36.6 Å². The molecular weight excluding hydrogens is 444 g/mol. The van der Waals surface area contributed by atoms with E-state index in [1.165, 1.54) is 4.90 Å². The number of hydrogen-bond donors (Lipinski definition) is 0. The number of halogens is 2. The Balaban J connectivity index is 1.47. The molecule has 182 valence electrons. The third-order valence-corrected chi connectivity index (χ3v) is 6.21. The Morgan fingerprint density at radius 2 is 1.76 bits per heavy atom. The minimum absolute atomic E-state index is 0.0883. The lowest BCUT2D eigenvalue weighted by atomic mass is 9.99. The van der Waals surface area contributed by atoms with Gasteiger partial charge in [0.2, 0.25) is 11.8 Å². The summed E-state index contributed by atoms with van der Waals surface area (Å²) in [6.07, 6.45) is 4.55. The zero-order valence-electron chi connectivity index (χ0n) is 19.0. The molecule has 0 bridgehead atoms. The molecule has 2 fully saturated rings. The van der Waals surface area contributed by atoms with Gasteiger partial charge in [-0.05, 0) is 54.2 Å². The normalized spacial score (nSPS) is 19.8. The fourth-order valence-corrected chi connectivity index (χ4v) is 4.38. The van der Waals surface area contributed by atoms with Crippen molar-refractivity contribution in [3.63, 3.8) is 0 Å². The summed E-state index contributed by atoms with van der Waals surface area (Å²) in [4.78, 5) is 33.4. The summed E-state index contributed by atoms with van der Waals surface area (Å²) in [6.45, 7) is 2.79. The maximum absolute atomic E-state index is 13.6. The molecule has 1 aromatic carbocycles. The van der Waals surface area contributed by atoms with Crippen LogP contribution >= 0.6 is 0 Å². The van der Waals surface area contributed by atoms with Gasteiger partial charge >= 0.3 is 0 Å². The molecule has 3 heterocycles.